The maximum atomic E-state index is 11.2. The van der Waals surface area contributed by atoms with Crippen LogP contribution in [0.3, 0.4) is 0 Å². The van der Waals surface area contributed by atoms with Crippen molar-refractivity contribution in [1.82, 2.24) is 0 Å². The smallest absolute Gasteiger partial charge is 0.331 e. The zero-order valence-electron chi connectivity index (χ0n) is 9.93. The van der Waals surface area contributed by atoms with Gasteiger partial charge in [0.05, 0.1) is 19.0 Å². The predicted octanol–water partition coefficient (Wildman–Crippen LogP) is 1.32. The minimum Gasteiger partial charge on any atom is -0.466 e. The van der Waals surface area contributed by atoms with Gasteiger partial charge in [0.25, 0.3) is 0 Å². The van der Waals surface area contributed by atoms with Gasteiger partial charge < -0.3 is 9.47 Å². The summed E-state index contributed by atoms with van der Waals surface area (Å²) < 4.78 is 9.28. The molecule has 0 aromatic carbocycles. The summed E-state index contributed by atoms with van der Waals surface area (Å²) in [4.78, 5) is 33.0. The van der Waals surface area contributed by atoms with Crippen LogP contribution in [0, 0.1) is 0 Å². The first-order valence-electron chi connectivity index (χ1n) is 5.22. The highest BCUT2D eigenvalue weighted by Crippen LogP contribution is 2.04. The fourth-order valence-electron chi connectivity index (χ4n) is 0.859. The van der Waals surface area contributed by atoms with Crippen molar-refractivity contribution in [2.75, 3.05) is 19.0 Å². The summed E-state index contributed by atoms with van der Waals surface area (Å²) in [6, 6.07) is 0. The van der Waals surface area contributed by atoms with Crippen LogP contribution in [0.4, 0.5) is 0 Å². The molecule has 0 radical (unpaired) electrons. The van der Waals surface area contributed by atoms with Gasteiger partial charge in [-0.1, -0.05) is 0 Å². The summed E-state index contributed by atoms with van der Waals surface area (Å²) >= 11 is 1.14. The van der Waals surface area contributed by atoms with Crippen LogP contribution in [0.2, 0.25) is 0 Å². The van der Waals surface area contributed by atoms with Crippen LogP contribution in [0.25, 0.3) is 0 Å². The number of carbonyl (C=O) groups excluding carboxylic acids is 3. The molecule has 5 nitrogen and oxygen atoms in total. The van der Waals surface area contributed by atoms with Gasteiger partial charge in [-0.3, -0.25) is 9.59 Å². The van der Waals surface area contributed by atoms with E-state index in [1.165, 1.54) is 11.5 Å². The summed E-state index contributed by atoms with van der Waals surface area (Å²) in [6.07, 6.45) is 1.01. The quantitative estimate of drug-likeness (QED) is 0.372. The normalized spacial score (nSPS) is 10.2. The Balaban J connectivity index is 3.71. The van der Waals surface area contributed by atoms with E-state index in [2.05, 4.69) is 9.47 Å². The van der Waals surface area contributed by atoms with Crippen molar-refractivity contribution < 1.29 is 23.9 Å². The Bertz CT molecular complexity index is 298. The van der Waals surface area contributed by atoms with Crippen LogP contribution in [0.1, 0.15) is 20.3 Å². The number of ketones is 1. The molecule has 6 heteroatoms. The standard InChI is InChI=1S/C11H16O5S/c1-3-15-10(13)5-6-17-8-9(12)7-11(14)16-4-2/h5-6H,3-4,7-8H2,1-2H3/b6-5+. The molecule has 0 saturated heterocycles. The van der Waals surface area contributed by atoms with Gasteiger partial charge in [-0.2, -0.15) is 0 Å². The molecule has 0 spiro atoms. The molecule has 0 amide bonds. The van der Waals surface area contributed by atoms with Crippen molar-refractivity contribution in [2.24, 2.45) is 0 Å². The molecule has 0 aliphatic heterocycles. The molecule has 0 N–H and O–H groups in total. The van der Waals surface area contributed by atoms with E-state index in [1.807, 2.05) is 0 Å². The molecule has 0 unspecified atom stereocenters. The molecule has 0 aromatic heterocycles. The predicted molar refractivity (Wildman–Crippen MR) is 64.5 cm³/mol. The fourth-order valence-corrected chi connectivity index (χ4v) is 1.45. The molecule has 0 bridgehead atoms. The van der Waals surface area contributed by atoms with E-state index >= 15 is 0 Å². The number of rotatable bonds is 8. The van der Waals surface area contributed by atoms with Crippen LogP contribution < -0.4 is 0 Å². The van der Waals surface area contributed by atoms with Gasteiger partial charge in [0.2, 0.25) is 0 Å². The Kier molecular flexibility index (Phi) is 9.14. The van der Waals surface area contributed by atoms with E-state index in [4.69, 9.17) is 0 Å². The number of carbonyl (C=O) groups is 3. The molecular weight excluding hydrogens is 244 g/mol. The zero-order valence-corrected chi connectivity index (χ0v) is 10.7. The third-order valence-corrected chi connectivity index (χ3v) is 2.30. The van der Waals surface area contributed by atoms with Crippen molar-refractivity contribution in [3.8, 4) is 0 Å². The third kappa shape index (κ3) is 9.62. The molecule has 0 aliphatic rings. The largest absolute Gasteiger partial charge is 0.466 e. The van der Waals surface area contributed by atoms with Gasteiger partial charge >= 0.3 is 11.9 Å². The SMILES string of the molecule is CCOC(=O)/C=C/SCC(=O)CC(=O)OCC. The Labute approximate surface area is 105 Å². The number of Topliss-reactive ketones (excluding diaryl/α,β-unsaturated/α-hetero) is 1. The second kappa shape index (κ2) is 9.89. The monoisotopic (exact) mass is 260 g/mol. The Morgan fingerprint density at radius 2 is 1.76 bits per heavy atom. The van der Waals surface area contributed by atoms with Gasteiger partial charge in [-0.25, -0.2) is 4.79 Å². The Hall–Kier alpha value is -1.30. The number of esters is 2. The second-order valence-electron chi connectivity index (χ2n) is 2.89. The Morgan fingerprint density at radius 1 is 1.12 bits per heavy atom. The molecule has 0 atom stereocenters. The Morgan fingerprint density at radius 3 is 2.35 bits per heavy atom. The lowest BCUT2D eigenvalue weighted by Crippen LogP contribution is -2.12. The van der Waals surface area contributed by atoms with Crippen LogP contribution in [0.5, 0.6) is 0 Å². The first kappa shape index (κ1) is 15.7. The van der Waals surface area contributed by atoms with Crippen molar-refractivity contribution in [3.63, 3.8) is 0 Å². The van der Waals surface area contributed by atoms with E-state index in [-0.39, 0.29) is 24.6 Å². The van der Waals surface area contributed by atoms with Gasteiger partial charge in [-0.05, 0) is 19.3 Å². The highest BCUT2D eigenvalue weighted by molar-refractivity contribution is 8.02. The average Bonchev–Trinajstić information content (AvgIpc) is 2.25. The minimum atomic E-state index is -0.521. The molecular formula is C11H16O5S. The first-order chi connectivity index (χ1) is 8.10. The lowest BCUT2D eigenvalue weighted by Gasteiger charge is -1.99. The summed E-state index contributed by atoms with van der Waals surface area (Å²) in [5.41, 5.74) is 0. The van der Waals surface area contributed by atoms with Gasteiger partial charge in [0.1, 0.15) is 6.42 Å². The molecule has 17 heavy (non-hydrogen) atoms. The molecule has 0 rings (SSSR count). The molecule has 0 aliphatic carbocycles. The van der Waals surface area contributed by atoms with Crippen LogP contribution >= 0.6 is 11.8 Å². The van der Waals surface area contributed by atoms with Gasteiger partial charge in [0.15, 0.2) is 5.78 Å². The summed E-state index contributed by atoms with van der Waals surface area (Å²) in [5, 5.41) is 1.47. The molecule has 0 aromatic rings. The molecule has 0 heterocycles. The number of thioether (sulfide) groups is 1. The topological polar surface area (TPSA) is 69.7 Å². The number of ether oxygens (including phenoxy) is 2. The van der Waals surface area contributed by atoms with E-state index < -0.39 is 11.9 Å². The van der Waals surface area contributed by atoms with Gasteiger partial charge in [-0.15, -0.1) is 11.8 Å². The maximum Gasteiger partial charge on any atom is 0.331 e. The third-order valence-electron chi connectivity index (χ3n) is 1.48. The van der Waals surface area contributed by atoms with Crippen molar-refractivity contribution in [2.45, 2.75) is 20.3 Å². The van der Waals surface area contributed by atoms with Crippen molar-refractivity contribution in [1.29, 1.82) is 0 Å². The maximum absolute atomic E-state index is 11.2. The highest BCUT2D eigenvalue weighted by Gasteiger charge is 2.09. The summed E-state index contributed by atoms with van der Waals surface area (Å²) in [6.45, 7) is 3.97. The lowest BCUT2D eigenvalue weighted by atomic mass is 10.3. The average molecular weight is 260 g/mol. The molecule has 0 saturated carbocycles. The second-order valence-corrected chi connectivity index (χ2v) is 3.78. The molecule has 0 fully saturated rings. The van der Waals surface area contributed by atoms with E-state index in [0.717, 1.165) is 11.8 Å². The van der Waals surface area contributed by atoms with Crippen LogP contribution in [-0.4, -0.2) is 36.7 Å². The first-order valence-corrected chi connectivity index (χ1v) is 6.27. The van der Waals surface area contributed by atoms with Crippen LogP contribution in [0.15, 0.2) is 11.5 Å². The van der Waals surface area contributed by atoms with Gasteiger partial charge in [0, 0.05) is 6.08 Å². The fraction of sp³-hybridized carbons (Fsp3) is 0.545. The van der Waals surface area contributed by atoms with E-state index in [0.29, 0.717) is 6.61 Å². The molecule has 96 valence electrons. The van der Waals surface area contributed by atoms with Crippen molar-refractivity contribution >= 4 is 29.5 Å². The van der Waals surface area contributed by atoms with Crippen LogP contribution in [-0.2, 0) is 23.9 Å². The minimum absolute atomic E-state index is 0.134. The van der Waals surface area contributed by atoms with E-state index in [9.17, 15) is 14.4 Å². The highest BCUT2D eigenvalue weighted by atomic mass is 32.2. The van der Waals surface area contributed by atoms with E-state index in [1.54, 1.807) is 13.8 Å². The summed E-state index contributed by atoms with van der Waals surface area (Å²) in [7, 11) is 0. The summed E-state index contributed by atoms with van der Waals surface area (Å²) in [5.74, 6) is -1.07. The van der Waals surface area contributed by atoms with Crippen molar-refractivity contribution in [3.05, 3.63) is 11.5 Å². The number of hydrogen-bond donors (Lipinski definition) is 0. The zero-order chi connectivity index (χ0) is 13.1. The lowest BCUT2D eigenvalue weighted by molar-refractivity contribution is -0.145. The number of hydrogen-bond acceptors (Lipinski definition) is 6.